The van der Waals surface area contributed by atoms with Crippen LogP contribution in [-0.4, -0.2) is 23.7 Å². The Morgan fingerprint density at radius 1 is 0.971 bits per heavy atom. The van der Waals surface area contributed by atoms with Crippen molar-refractivity contribution in [2.24, 2.45) is 0 Å². The molecule has 35 heavy (non-hydrogen) atoms. The number of fused-ring (bicyclic) bond motifs is 1. The van der Waals surface area contributed by atoms with Gasteiger partial charge >= 0.3 is 0 Å². The first-order chi connectivity index (χ1) is 16.5. The number of benzene rings is 2. The minimum absolute atomic E-state index is 0.0460. The van der Waals surface area contributed by atoms with E-state index in [-0.39, 0.29) is 22.8 Å². The molecule has 0 radical (unpaired) electrons. The van der Waals surface area contributed by atoms with E-state index in [0.29, 0.717) is 12.1 Å². The molecule has 1 amide bonds. The molecule has 2 aromatic heterocycles. The van der Waals surface area contributed by atoms with Crippen LogP contribution in [0.1, 0.15) is 53.5 Å². The van der Waals surface area contributed by atoms with Gasteiger partial charge in [0, 0.05) is 24.5 Å². The van der Waals surface area contributed by atoms with Gasteiger partial charge in [-0.05, 0) is 65.4 Å². The zero-order valence-electron chi connectivity index (χ0n) is 20.4. The van der Waals surface area contributed by atoms with Gasteiger partial charge in [-0.3, -0.25) is 4.79 Å². The fraction of sp³-hybridized carbons (Fsp3) is 0.259. The number of sulfonamides is 1. The van der Waals surface area contributed by atoms with Gasteiger partial charge in [0.05, 0.1) is 17.1 Å². The lowest BCUT2D eigenvalue weighted by Crippen LogP contribution is -2.24. The molecule has 8 heteroatoms. The molecule has 0 bridgehead atoms. The fourth-order valence-electron chi connectivity index (χ4n) is 3.66. The lowest BCUT2D eigenvalue weighted by molar-refractivity contribution is 0.0950. The van der Waals surface area contributed by atoms with Crippen molar-refractivity contribution in [3.05, 3.63) is 101 Å². The van der Waals surface area contributed by atoms with Crippen LogP contribution in [0.2, 0.25) is 0 Å². The Morgan fingerprint density at radius 3 is 2.31 bits per heavy atom. The third kappa shape index (κ3) is 5.96. The van der Waals surface area contributed by atoms with E-state index in [1.807, 2.05) is 48.0 Å². The molecule has 0 spiro atoms. The predicted molar refractivity (Wildman–Crippen MR) is 137 cm³/mol. The molecular formula is C27H30N4O3S. The van der Waals surface area contributed by atoms with E-state index >= 15 is 0 Å². The largest absolute Gasteiger partial charge is 0.346 e. The average molecular weight is 491 g/mol. The van der Waals surface area contributed by atoms with E-state index in [4.69, 9.17) is 0 Å². The number of carbonyl (C=O) groups excluding carboxylic acids is 1. The molecule has 0 saturated heterocycles. The standard InChI is InChI=1S/C27H30N4O3S/c1-19-13-14-31-18-23(30-25(31)15-19)17-28-26(32)21-7-5-20(6-8-21)16-29-35(33,34)24-11-9-22(10-12-24)27(2,3)4/h5-15,18,29H,16-17H2,1-4H3,(H,28,32). The molecule has 0 aliphatic carbocycles. The van der Waals surface area contributed by atoms with E-state index < -0.39 is 10.0 Å². The Labute approximate surface area is 206 Å². The second-order valence-electron chi connectivity index (χ2n) is 9.68. The Hall–Kier alpha value is -3.49. The van der Waals surface area contributed by atoms with Crippen molar-refractivity contribution in [2.75, 3.05) is 0 Å². The number of amides is 1. The monoisotopic (exact) mass is 490 g/mol. The summed E-state index contributed by atoms with van der Waals surface area (Å²) in [6, 6.07) is 17.8. The third-order valence-corrected chi connectivity index (χ3v) is 7.23. The lowest BCUT2D eigenvalue weighted by atomic mass is 9.87. The Kier molecular flexibility index (Phi) is 6.78. The summed E-state index contributed by atoms with van der Waals surface area (Å²) in [4.78, 5) is 17.3. The summed E-state index contributed by atoms with van der Waals surface area (Å²) < 4.78 is 29.9. The van der Waals surface area contributed by atoms with Crippen LogP contribution in [0.5, 0.6) is 0 Å². The summed E-state index contributed by atoms with van der Waals surface area (Å²) in [7, 11) is -3.64. The number of nitrogens with zero attached hydrogens (tertiary/aromatic N) is 2. The molecule has 0 atom stereocenters. The van der Waals surface area contributed by atoms with Crippen molar-refractivity contribution in [1.29, 1.82) is 0 Å². The predicted octanol–water partition coefficient (Wildman–Crippen LogP) is 4.35. The first-order valence-electron chi connectivity index (χ1n) is 11.4. The number of hydrogen-bond acceptors (Lipinski definition) is 4. The van der Waals surface area contributed by atoms with Crippen molar-refractivity contribution in [1.82, 2.24) is 19.4 Å². The van der Waals surface area contributed by atoms with Crippen LogP contribution in [0.25, 0.3) is 5.65 Å². The summed E-state index contributed by atoms with van der Waals surface area (Å²) in [5.74, 6) is -0.218. The normalized spacial score (nSPS) is 12.1. The number of imidazole rings is 1. The zero-order chi connectivity index (χ0) is 25.2. The molecule has 2 N–H and O–H groups in total. The number of nitrogens with one attached hydrogen (secondary N) is 2. The van der Waals surface area contributed by atoms with Gasteiger partial charge in [-0.15, -0.1) is 0 Å². The highest BCUT2D eigenvalue weighted by molar-refractivity contribution is 7.89. The third-order valence-electron chi connectivity index (χ3n) is 5.81. The van der Waals surface area contributed by atoms with Gasteiger partial charge in [-0.25, -0.2) is 18.1 Å². The van der Waals surface area contributed by atoms with Crippen LogP contribution in [0.15, 0.2) is 78.0 Å². The van der Waals surface area contributed by atoms with Gasteiger partial charge in [-0.2, -0.15) is 0 Å². The quantitative estimate of drug-likeness (QED) is 0.403. The minimum Gasteiger partial charge on any atom is -0.346 e. The van der Waals surface area contributed by atoms with Crippen LogP contribution in [0.3, 0.4) is 0 Å². The van der Waals surface area contributed by atoms with Gasteiger partial charge in [-0.1, -0.05) is 45.0 Å². The smallest absolute Gasteiger partial charge is 0.251 e. The molecule has 2 heterocycles. The summed E-state index contributed by atoms with van der Waals surface area (Å²) in [5, 5.41) is 2.88. The second-order valence-corrected chi connectivity index (χ2v) is 11.4. The van der Waals surface area contributed by atoms with E-state index in [1.165, 1.54) is 0 Å². The Bertz CT molecular complexity index is 1450. The molecule has 0 aliphatic rings. The molecular weight excluding hydrogens is 460 g/mol. The molecule has 0 unspecified atom stereocenters. The summed E-state index contributed by atoms with van der Waals surface area (Å²) in [6.07, 6.45) is 3.83. The van der Waals surface area contributed by atoms with Crippen LogP contribution in [0.4, 0.5) is 0 Å². The van der Waals surface area contributed by atoms with E-state index in [2.05, 4.69) is 35.8 Å². The minimum atomic E-state index is -3.64. The van der Waals surface area contributed by atoms with Crippen LogP contribution >= 0.6 is 0 Å². The number of hydrogen-bond donors (Lipinski definition) is 2. The highest BCUT2D eigenvalue weighted by Crippen LogP contribution is 2.23. The molecule has 2 aromatic carbocycles. The summed E-state index contributed by atoms with van der Waals surface area (Å²) in [6.45, 7) is 8.70. The first kappa shape index (κ1) is 24.6. The molecule has 4 aromatic rings. The van der Waals surface area contributed by atoms with Crippen molar-refractivity contribution < 1.29 is 13.2 Å². The van der Waals surface area contributed by atoms with Crippen LogP contribution in [0, 0.1) is 6.92 Å². The molecule has 4 rings (SSSR count). The maximum Gasteiger partial charge on any atom is 0.251 e. The van der Waals surface area contributed by atoms with Crippen LogP contribution in [-0.2, 0) is 28.5 Å². The average Bonchev–Trinajstić information content (AvgIpc) is 3.23. The molecule has 0 fully saturated rings. The highest BCUT2D eigenvalue weighted by Gasteiger charge is 2.17. The maximum atomic E-state index is 12.7. The fourth-order valence-corrected chi connectivity index (χ4v) is 4.68. The van der Waals surface area contributed by atoms with Gasteiger partial charge in [0.1, 0.15) is 5.65 Å². The molecule has 0 aliphatic heterocycles. The van der Waals surface area contributed by atoms with Crippen molar-refractivity contribution in [3.63, 3.8) is 0 Å². The van der Waals surface area contributed by atoms with Gasteiger partial charge < -0.3 is 9.72 Å². The van der Waals surface area contributed by atoms with Gasteiger partial charge in [0.15, 0.2) is 0 Å². The van der Waals surface area contributed by atoms with Crippen molar-refractivity contribution in [3.8, 4) is 0 Å². The molecule has 182 valence electrons. The summed E-state index contributed by atoms with van der Waals surface area (Å²) >= 11 is 0. The lowest BCUT2D eigenvalue weighted by Gasteiger charge is -2.19. The van der Waals surface area contributed by atoms with Crippen molar-refractivity contribution in [2.45, 2.75) is 51.1 Å². The number of rotatable bonds is 7. The molecule has 7 nitrogen and oxygen atoms in total. The SMILES string of the molecule is Cc1ccn2cc(CNC(=O)c3ccc(CNS(=O)(=O)c4ccc(C(C)(C)C)cc4)cc3)nc2c1. The van der Waals surface area contributed by atoms with Gasteiger partial charge in [0.25, 0.3) is 5.91 Å². The topological polar surface area (TPSA) is 92.6 Å². The number of aryl methyl sites for hydroxylation is 1. The maximum absolute atomic E-state index is 12.7. The number of carbonyl (C=O) groups is 1. The highest BCUT2D eigenvalue weighted by atomic mass is 32.2. The second kappa shape index (κ2) is 9.64. The number of pyridine rings is 1. The first-order valence-corrected chi connectivity index (χ1v) is 12.9. The summed E-state index contributed by atoms with van der Waals surface area (Å²) in [5.41, 5.74) is 5.01. The van der Waals surface area contributed by atoms with E-state index in [0.717, 1.165) is 28.0 Å². The Morgan fingerprint density at radius 2 is 1.66 bits per heavy atom. The van der Waals surface area contributed by atoms with E-state index in [1.54, 1.807) is 36.4 Å². The Balaban J connectivity index is 1.33. The van der Waals surface area contributed by atoms with Crippen molar-refractivity contribution >= 4 is 21.6 Å². The zero-order valence-corrected chi connectivity index (χ0v) is 21.2. The van der Waals surface area contributed by atoms with Gasteiger partial charge in [0.2, 0.25) is 10.0 Å². The molecule has 0 saturated carbocycles. The van der Waals surface area contributed by atoms with E-state index in [9.17, 15) is 13.2 Å². The number of aromatic nitrogens is 2. The van der Waals surface area contributed by atoms with Crippen LogP contribution < -0.4 is 10.0 Å².